The normalized spacial score (nSPS) is 26.5. The van der Waals surface area contributed by atoms with Gasteiger partial charge in [0.2, 0.25) is 0 Å². The molecule has 0 aliphatic carbocycles. The van der Waals surface area contributed by atoms with Gasteiger partial charge in [0.25, 0.3) is 5.56 Å². The summed E-state index contributed by atoms with van der Waals surface area (Å²) < 4.78 is 21.3. The number of aliphatic hydroxyl groups is 2. The molecule has 1 aliphatic rings. The molecule has 0 spiro atoms. The van der Waals surface area contributed by atoms with E-state index in [1.54, 1.807) is 0 Å². The highest BCUT2D eigenvalue weighted by Gasteiger charge is 2.45. The standard InChI is InChI=1S/C13H14ClN2O9P/c14-5-1-2-7-6(3-5)11(19)15-13(20)16(7)12-10(18)9(17)8(25-12)4-24-26(21,22)23/h1-3,8-10,12,17-18H,4H2,(H,15,19,20)(H2,21,22,23)/t8-,9-,10-,12-/m1/s1. The molecular formula is C13H14ClN2O9P. The number of halogens is 1. The molecule has 11 nitrogen and oxygen atoms in total. The molecule has 0 radical (unpaired) electrons. The first-order chi connectivity index (χ1) is 12.1. The lowest BCUT2D eigenvalue weighted by atomic mass is 10.1. The highest BCUT2D eigenvalue weighted by molar-refractivity contribution is 7.46. The van der Waals surface area contributed by atoms with E-state index in [9.17, 15) is 24.4 Å². The molecule has 1 saturated heterocycles. The smallest absolute Gasteiger partial charge is 0.387 e. The number of nitrogens with one attached hydrogen (secondary N) is 1. The van der Waals surface area contributed by atoms with Crippen molar-refractivity contribution >= 4 is 30.3 Å². The zero-order valence-electron chi connectivity index (χ0n) is 12.9. The quantitative estimate of drug-likeness (QED) is 0.401. The monoisotopic (exact) mass is 408 g/mol. The number of aromatic amines is 1. The van der Waals surface area contributed by atoms with E-state index in [0.717, 1.165) is 4.57 Å². The van der Waals surface area contributed by atoms with Crippen molar-refractivity contribution in [3.63, 3.8) is 0 Å². The van der Waals surface area contributed by atoms with Crippen molar-refractivity contribution in [2.24, 2.45) is 0 Å². The largest absolute Gasteiger partial charge is 0.469 e. The Morgan fingerprint density at radius 2 is 1.96 bits per heavy atom. The SMILES string of the molecule is O=c1[nH]c(=O)n([C@@H]2O[C@H](COP(=O)(O)O)[C@@H](O)[C@H]2O)c2ccc(Cl)cc12. The highest BCUT2D eigenvalue weighted by Crippen LogP contribution is 2.38. The Morgan fingerprint density at radius 1 is 1.27 bits per heavy atom. The van der Waals surface area contributed by atoms with E-state index in [4.69, 9.17) is 26.1 Å². The minimum atomic E-state index is -4.82. The van der Waals surface area contributed by atoms with Crippen LogP contribution < -0.4 is 11.2 Å². The lowest BCUT2D eigenvalue weighted by Gasteiger charge is -2.19. The number of hydrogen-bond donors (Lipinski definition) is 5. The second-order valence-electron chi connectivity index (χ2n) is 5.62. The van der Waals surface area contributed by atoms with Crippen molar-refractivity contribution in [3.05, 3.63) is 44.1 Å². The van der Waals surface area contributed by atoms with Gasteiger partial charge in [-0.1, -0.05) is 11.6 Å². The summed E-state index contributed by atoms with van der Waals surface area (Å²) in [5.41, 5.74) is -1.51. The topological polar surface area (TPSA) is 171 Å². The van der Waals surface area contributed by atoms with Gasteiger partial charge in [-0.25, -0.2) is 9.36 Å². The summed E-state index contributed by atoms with van der Waals surface area (Å²) in [5, 5.41) is 20.5. The van der Waals surface area contributed by atoms with Gasteiger partial charge in [-0.05, 0) is 18.2 Å². The molecule has 4 atom stereocenters. The summed E-state index contributed by atoms with van der Waals surface area (Å²) in [4.78, 5) is 43.7. The molecule has 1 aromatic carbocycles. The number of aliphatic hydroxyl groups excluding tert-OH is 2. The maximum absolute atomic E-state index is 12.2. The van der Waals surface area contributed by atoms with Gasteiger partial charge in [0, 0.05) is 5.02 Å². The van der Waals surface area contributed by atoms with E-state index >= 15 is 0 Å². The van der Waals surface area contributed by atoms with Crippen molar-refractivity contribution in [3.8, 4) is 0 Å². The number of hydrogen-bond acceptors (Lipinski definition) is 7. The third kappa shape index (κ3) is 3.61. The fourth-order valence-electron chi connectivity index (χ4n) is 2.74. The van der Waals surface area contributed by atoms with Gasteiger partial charge in [0.05, 0.1) is 17.5 Å². The molecule has 2 aromatic rings. The molecule has 2 heterocycles. The third-order valence-corrected chi connectivity index (χ3v) is 4.62. The summed E-state index contributed by atoms with van der Waals surface area (Å²) in [6.07, 6.45) is -5.96. The maximum atomic E-state index is 12.2. The first-order valence-corrected chi connectivity index (χ1v) is 9.15. The number of phosphoric ester groups is 1. The minimum absolute atomic E-state index is 0.0531. The first kappa shape index (κ1) is 19.2. The zero-order valence-corrected chi connectivity index (χ0v) is 14.5. The summed E-state index contributed by atoms with van der Waals surface area (Å²) in [6, 6.07) is 4.11. The molecule has 0 saturated carbocycles. The molecule has 13 heteroatoms. The number of H-pyrrole nitrogens is 1. The molecule has 0 bridgehead atoms. The second-order valence-corrected chi connectivity index (χ2v) is 7.30. The molecule has 0 amide bonds. The second kappa shape index (κ2) is 6.87. The van der Waals surface area contributed by atoms with Crippen LogP contribution in [0.15, 0.2) is 27.8 Å². The number of ether oxygens (including phenoxy) is 1. The van der Waals surface area contributed by atoms with Crippen LogP contribution in [0.4, 0.5) is 0 Å². The molecule has 0 unspecified atom stereocenters. The van der Waals surface area contributed by atoms with Crippen LogP contribution in [-0.4, -0.2) is 54.5 Å². The zero-order chi connectivity index (χ0) is 19.2. The molecular weight excluding hydrogens is 395 g/mol. The Kier molecular flexibility index (Phi) is 5.08. The number of benzene rings is 1. The molecule has 142 valence electrons. The number of rotatable bonds is 4. The van der Waals surface area contributed by atoms with Crippen LogP contribution in [0.25, 0.3) is 10.9 Å². The Bertz CT molecular complexity index is 999. The third-order valence-electron chi connectivity index (χ3n) is 3.90. The fraction of sp³-hybridized carbons (Fsp3) is 0.385. The van der Waals surface area contributed by atoms with Crippen LogP contribution in [0.5, 0.6) is 0 Å². The highest BCUT2D eigenvalue weighted by atomic mass is 35.5. The number of aromatic nitrogens is 2. The average Bonchev–Trinajstić information content (AvgIpc) is 2.81. The number of nitrogens with zero attached hydrogens (tertiary/aromatic N) is 1. The maximum Gasteiger partial charge on any atom is 0.469 e. The van der Waals surface area contributed by atoms with Gasteiger partial charge in [-0.15, -0.1) is 0 Å². The van der Waals surface area contributed by atoms with Gasteiger partial charge in [0.1, 0.15) is 18.3 Å². The van der Waals surface area contributed by atoms with E-state index in [-0.39, 0.29) is 15.9 Å². The average molecular weight is 409 g/mol. The minimum Gasteiger partial charge on any atom is -0.387 e. The molecule has 26 heavy (non-hydrogen) atoms. The van der Waals surface area contributed by atoms with Gasteiger partial charge in [-0.2, -0.15) is 0 Å². The van der Waals surface area contributed by atoms with Gasteiger partial charge < -0.3 is 24.7 Å². The van der Waals surface area contributed by atoms with Gasteiger partial charge in [0.15, 0.2) is 6.23 Å². The van der Waals surface area contributed by atoms with Crippen molar-refractivity contribution in [2.45, 2.75) is 24.5 Å². The lowest BCUT2D eigenvalue weighted by Crippen LogP contribution is -2.38. The fourth-order valence-corrected chi connectivity index (χ4v) is 3.25. The van der Waals surface area contributed by atoms with Gasteiger partial charge in [-0.3, -0.25) is 18.9 Å². The van der Waals surface area contributed by atoms with Crippen LogP contribution in [0.3, 0.4) is 0 Å². The lowest BCUT2D eigenvalue weighted by molar-refractivity contribution is -0.0520. The molecule has 1 fully saturated rings. The number of fused-ring (bicyclic) bond motifs is 1. The van der Waals surface area contributed by atoms with E-state index in [1.165, 1.54) is 18.2 Å². The Balaban J connectivity index is 2.03. The van der Waals surface area contributed by atoms with E-state index in [0.29, 0.717) is 0 Å². The first-order valence-electron chi connectivity index (χ1n) is 7.24. The summed E-state index contributed by atoms with van der Waals surface area (Å²) in [7, 11) is -4.82. The van der Waals surface area contributed by atoms with Crippen LogP contribution in [0.1, 0.15) is 6.23 Å². The van der Waals surface area contributed by atoms with Crippen LogP contribution in [-0.2, 0) is 13.8 Å². The van der Waals surface area contributed by atoms with Crippen LogP contribution in [0, 0.1) is 0 Å². The molecule has 1 aromatic heterocycles. The summed E-state index contributed by atoms with van der Waals surface area (Å²) in [6.45, 7) is -0.721. The van der Waals surface area contributed by atoms with E-state index < -0.39 is 50.2 Å². The van der Waals surface area contributed by atoms with Crippen molar-refractivity contribution in [1.82, 2.24) is 9.55 Å². The van der Waals surface area contributed by atoms with Crippen LogP contribution >= 0.6 is 19.4 Å². The molecule has 5 N–H and O–H groups in total. The van der Waals surface area contributed by atoms with E-state index in [1.807, 2.05) is 0 Å². The van der Waals surface area contributed by atoms with Crippen molar-refractivity contribution < 1.29 is 33.8 Å². The van der Waals surface area contributed by atoms with Crippen LogP contribution in [0.2, 0.25) is 5.02 Å². The predicted molar refractivity (Wildman–Crippen MR) is 87.8 cm³/mol. The summed E-state index contributed by atoms with van der Waals surface area (Å²) in [5.74, 6) is 0. The Hall–Kier alpha value is -1.56. The Labute approximate surface area is 149 Å². The molecule has 1 aliphatic heterocycles. The number of phosphoric acid groups is 1. The van der Waals surface area contributed by atoms with E-state index in [2.05, 4.69) is 9.51 Å². The van der Waals surface area contributed by atoms with Crippen molar-refractivity contribution in [2.75, 3.05) is 6.61 Å². The summed E-state index contributed by atoms with van der Waals surface area (Å²) >= 11 is 5.85. The van der Waals surface area contributed by atoms with Gasteiger partial charge >= 0.3 is 13.5 Å². The molecule has 3 rings (SSSR count). The predicted octanol–water partition coefficient (Wildman–Crippen LogP) is -0.928. The van der Waals surface area contributed by atoms with Crippen molar-refractivity contribution in [1.29, 1.82) is 0 Å². The Morgan fingerprint density at radius 3 is 2.62 bits per heavy atom.